The van der Waals surface area contributed by atoms with Crippen LogP contribution in [0.15, 0.2) is 71.9 Å². The largest absolute Gasteiger partial charge is 0.268 e. The van der Waals surface area contributed by atoms with E-state index < -0.39 is 10.0 Å². The SMILES string of the molecule is N#Cc1ccc(S(=O)(=O)NCc2ccc(Cn3cccn3)cc2)cc1. The van der Waals surface area contributed by atoms with Crippen LogP contribution in [0, 0.1) is 11.3 Å². The first kappa shape index (κ1) is 16.9. The van der Waals surface area contributed by atoms with Gasteiger partial charge in [0.15, 0.2) is 0 Å². The zero-order chi connectivity index (χ0) is 17.7. The Morgan fingerprint density at radius 2 is 1.72 bits per heavy atom. The first-order chi connectivity index (χ1) is 12.1. The summed E-state index contributed by atoms with van der Waals surface area (Å²) in [5.74, 6) is 0. The second-order valence-electron chi connectivity index (χ2n) is 5.48. The number of nitrogens with zero attached hydrogens (tertiary/aromatic N) is 3. The summed E-state index contributed by atoms with van der Waals surface area (Å²) >= 11 is 0. The molecule has 0 aliphatic heterocycles. The van der Waals surface area contributed by atoms with E-state index in [1.807, 2.05) is 47.3 Å². The van der Waals surface area contributed by atoms with Gasteiger partial charge >= 0.3 is 0 Å². The Morgan fingerprint density at radius 1 is 1.04 bits per heavy atom. The van der Waals surface area contributed by atoms with Gasteiger partial charge in [-0.25, -0.2) is 13.1 Å². The minimum absolute atomic E-state index is 0.141. The Hall–Kier alpha value is -2.95. The van der Waals surface area contributed by atoms with Gasteiger partial charge in [0.05, 0.1) is 23.1 Å². The van der Waals surface area contributed by atoms with E-state index >= 15 is 0 Å². The van der Waals surface area contributed by atoms with Crippen LogP contribution < -0.4 is 4.72 Å². The third-order valence-corrected chi connectivity index (χ3v) is 5.10. The summed E-state index contributed by atoms with van der Waals surface area (Å²) in [5, 5.41) is 12.9. The molecule has 6 nitrogen and oxygen atoms in total. The van der Waals surface area contributed by atoms with Gasteiger partial charge in [-0.3, -0.25) is 4.68 Å². The number of hydrogen-bond donors (Lipinski definition) is 1. The zero-order valence-electron chi connectivity index (χ0n) is 13.3. The monoisotopic (exact) mass is 352 g/mol. The van der Waals surface area contributed by atoms with Crippen LogP contribution in [0.5, 0.6) is 0 Å². The molecule has 0 unspecified atom stereocenters. The molecule has 0 aliphatic rings. The van der Waals surface area contributed by atoms with Gasteiger partial charge in [0.2, 0.25) is 10.0 Å². The standard InChI is InChI=1S/C18H16N4O2S/c19-12-15-6-8-18(9-7-15)25(23,24)21-13-16-2-4-17(5-3-16)14-22-11-1-10-20-22/h1-11,21H,13-14H2. The average Bonchev–Trinajstić information content (AvgIpc) is 3.14. The Kier molecular flexibility index (Phi) is 4.93. The Balaban J connectivity index is 1.63. The molecule has 2 aromatic carbocycles. The highest BCUT2D eigenvalue weighted by atomic mass is 32.2. The van der Waals surface area contributed by atoms with Crippen molar-refractivity contribution in [1.29, 1.82) is 5.26 Å². The van der Waals surface area contributed by atoms with Crippen molar-refractivity contribution in [2.24, 2.45) is 0 Å². The molecule has 0 saturated heterocycles. The summed E-state index contributed by atoms with van der Waals surface area (Å²) < 4.78 is 28.9. The van der Waals surface area contributed by atoms with Crippen molar-refractivity contribution in [1.82, 2.24) is 14.5 Å². The molecule has 126 valence electrons. The Labute approximate surface area is 146 Å². The molecular weight excluding hydrogens is 336 g/mol. The van der Waals surface area contributed by atoms with Crippen LogP contribution >= 0.6 is 0 Å². The lowest BCUT2D eigenvalue weighted by Crippen LogP contribution is -2.23. The van der Waals surface area contributed by atoms with E-state index in [-0.39, 0.29) is 11.4 Å². The third-order valence-electron chi connectivity index (χ3n) is 3.69. The third kappa shape index (κ3) is 4.32. The van der Waals surface area contributed by atoms with Gasteiger partial charge in [-0.1, -0.05) is 24.3 Å². The fourth-order valence-corrected chi connectivity index (χ4v) is 3.33. The number of hydrogen-bond acceptors (Lipinski definition) is 4. The topological polar surface area (TPSA) is 87.8 Å². The molecule has 0 amide bonds. The maximum Gasteiger partial charge on any atom is 0.240 e. The molecule has 3 rings (SSSR count). The number of nitriles is 1. The van der Waals surface area contributed by atoms with Gasteiger partial charge in [0, 0.05) is 18.9 Å². The lowest BCUT2D eigenvalue weighted by molar-refractivity contribution is 0.581. The molecule has 25 heavy (non-hydrogen) atoms. The van der Waals surface area contributed by atoms with E-state index in [9.17, 15) is 8.42 Å². The number of sulfonamides is 1. The average molecular weight is 352 g/mol. The molecule has 0 atom stereocenters. The van der Waals surface area contributed by atoms with Gasteiger partial charge in [-0.05, 0) is 41.5 Å². The van der Waals surface area contributed by atoms with Crippen LogP contribution in [0.4, 0.5) is 0 Å². The molecule has 1 aromatic heterocycles. The van der Waals surface area contributed by atoms with Crippen LogP contribution in [0.1, 0.15) is 16.7 Å². The van der Waals surface area contributed by atoms with E-state index in [2.05, 4.69) is 9.82 Å². The molecule has 0 saturated carbocycles. The van der Waals surface area contributed by atoms with Crippen molar-refractivity contribution in [2.45, 2.75) is 18.0 Å². The van der Waals surface area contributed by atoms with Crippen molar-refractivity contribution in [3.63, 3.8) is 0 Å². The van der Waals surface area contributed by atoms with Crippen LogP contribution in [0.2, 0.25) is 0 Å². The van der Waals surface area contributed by atoms with E-state index in [4.69, 9.17) is 5.26 Å². The lowest BCUT2D eigenvalue weighted by atomic mass is 10.1. The normalized spacial score (nSPS) is 11.2. The molecule has 1 N–H and O–H groups in total. The highest BCUT2D eigenvalue weighted by Crippen LogP contribution is 2.12. The van der Waals surface area contributed by atoms with Gasteiger partial charge in [0.1, 0.15) is 0 Å². The molecule has 0 bridgehead atoms. The summed E-state index contributed by atoms with van der Waals surface area (Å²) in [6.07, 6.45) is 3.62. The molecule has 0 aliphatic carbocycles. The first-order valence-electron chi connectivity index (χ1n) is 7.62. The summed E-state index contributed by atoms with van der Waals surface area (Å²) in [6.45, 7) is 0.870. The predicted molar refractivity (Wildman–Crippen MR) is 93.0 cm³/mol. The van der Waals surface area contributed by atoms with Crippen LogP contribution in [-0.4, -0.2) is 18.2 Å². The number of rotatable bonds is 6. The number of nitrogens with one attached hydrogen (secondary N) is 1. The summed E-state index contributed by atoms with van der Waals surface area (Å²) in [7, 11) is -3.61. The minimum atomic E-state index is -3.61. The van der Waals surface area contributed by atoms with Gasteiger partial charge < -0.3 is 0 Å². The first-order valence-corrected chi connectivity index (χ1v) is 9.10. The lowest BCUT2D eigenvalue weighted by Gasteiger charge is -2.08. The minimum Gasteiger partial charge on any atom is -0.268 e. The number of aromatic nitrogens is 2. The quantitative estimate of drug-likeness (QED) is 0.737. The maximum atomic E-state index is 12.3. The fourth-order valence-electron chi connectivity index (χ4n) is 2.31. The summed E-state index contributed by atoms with van der Waals surface area (Å²) in [6, 6.07) is 17.3. The number of benzene rings is 2. The van der Waals surface area contributed by atoms with Gasteiger partial charge in [-0.2, -0.15) is 10.4 Å². The van der Waals surface area contributed by atoms with Gasteiger partial charge in [-0.15, -0.1) is 0 Å². The maximum absolute atomic E-state index is 12.3. The van der Waals surface area contributed by atoms with Crippen LogP contribution in [0.25, 0.3) is 0 Å². The van der Waals surface area contributed by atoms with Crippen molar-refractivity contribution < 1.29 is 8.42 Å². The molecule has 0 radical (unpaired) electrons. The summed E-state index contributed by atoms with van der Waals surface area (Å²) in [5.41, 5.74) is 2.37. The van der Waals surface area contributed by atoms with Crippen molar-refractivity contribution >= 4 is 10.0 Å². The highest BCUT2D eigenvalue weighted by molar-refractivity contribution is 7.89. The summed E-state index contributed by atoms with van der Waals surface area (Å²) in [4.78, 5) is 0.141. The highest BCUT2D eigenvalue weighted by Gasteiger charge is 2.13. The van der Waals surface area contributed by atoms with E-state index in [0.717, 1.165) is 11.1 Å². The fraction of sp³-hybridized carbons (Fsp3) is 0.111. The Morgan fingerprint density at radius 3 is 2.32 bits per heavy atom. The van der Waals surface area contributed by atoms with Crippen molar-refractivity contribution in [3.8, 4) is 6.07 Å². The van der Waals surface area contributed by atoms with Crippen molar-refractivity contribution in [2.75, 3.05) is 0 Å². The Bertz CT molecular complexity index is 971. The smallest absolute Gasteiger partial charge is 0.240 e. The predicted octanol–water partition coefficient (Wildman–Crippen LogP) is 2.28. The second-order valence-corrected chi connectivity index (χ2v) is 7.25. The van der Waals surface area contributed by atoms with Crippen LogP contribution in [-0.2, 0) is 23.1 Å². The molecule has 0 spiro atoms. The molecule has 0 fully saturated rings. The second kappa shape index (κ2) is 7.30. The van der Waals surface area contributed by atoms with Crippen LogP contribution in [0.3, 0.4) is 0 Å². The van der Waals surface area contributed by atoms with Crippen molar-refractivity contribution in [3.05, 3.63) is 83.7 Å². The van der Waals surface area contributed by atoms with Gasteiger partial charge in [0.25, 0.3) is 0 Å². The molecule has 3 aromatic rings. The van der Waals surface area contributed by atoms with E-state index in [0.29, 0.717) is 12.1 Å². The van der Waals surface area contributed by atoms with E-state index in [1.54, 1.807) is 6.20 Å². The molecule has 1 heterocycles. The zero-order valence-corrected chi connectivity index (χ0v) is 14.1. The van der Waals surface area contributed by atoms with E-state index in [1.165, 1.54) is 24.3 Å². The molecule has 7 heteroatoms. The molecular formula is C18H16N4O2S.